The van der Waals surface area contributed by atoms with Crippen molar-refractivity contribution in [3.63, 3.8) is 0 Å². The van der Waals surface area contributed by atoms with Crippen LogP contribution in [-0.2, 0) is 10.0 Å². The molecular formula is C7H7BrF2N2O2S. The second-order valence-electron chi connectivity index (χ2n) is 2.80. The van der Waals surface area contributed by atoms with Crippen molar-refractivity contribution < 1.29 is 17.2 Å². The minimum atomic E-state index is -4.02. The number of hydrogen-bond acceptors (Lipinski definition) is 3. The van der Waals surface area contributed by atoms with E-state index in [-0.39, 0.29) is 15.2 Å². The maximum absolute atomic E-state index is 12.4. The Balaban J connectivity index is 3.50. The molecule has 4 nitrogen and oxygen atoms in total. The van der Waals surface area contributed by atoms with Crippen LogP contribution in [0.5, 0.6) is 0 Å². The van der Waals surface area contributed by atoms with Gasteiger partial charge in [0.15, 0.2) is 0 Å². The summed E-state index contributed by atoms with van der Waals surface area (Å²) < 4.78 is 46.8. The van der Waals surface area contributed by atoms with E-state index in [1.165, 1.54) is 6.92 Å². The molecule has 1 aromatic heterocycles. The Kier molecular flexibility index (Phi) is 3.41. The zero-order valence-electron chi connectivity index (χ0n) is 7.54. The number of halogens is 3. The van der Waals surface area contributed by atoms with Gasteiger partial charge in [-0.15, -0.1) is 0 Å². The Morgan fingerprint density at radius 3 is 2.47 bits per heavy atom. The van der Waals surface area contributed by atoms with E-state index in [0.717, 1.165) is 6.07 Å². The van der Waals surface area contributed by atoms with Crippen molar-refractivity contribution in [2.24, 2.45) is 5.14 Å². The summed E-state index contributed by atoms with van der Waals surface area (Å²) in [5.41, 5.74) is -0.418. The van der Waals surface area contributed by atoms with Gasteiger partial charge in [-0.3, -0.25) is 0 Å². The van der Waals surface area contributed by atoms with Crippen LogP contribution in [0.2, 0.25) is 0 Å². The summed E-state index contributed by atoms with van der Waals surface area (Å²) >= 11 is 2.82. The summed E-state index contributed by atoms with van der Waals surface area (Å²) in [4.78, 5) is 3.25. The van der Waals surface area contributed by atoms with Crippen molar-refractivity contribution in [3.8, 4) is 0 Å². The van der Waals surface area contributed by atoms with Crippen molar-refractivity contribution in [2.45, 2.75) is 18.2 Å². The molecule has 84 valence electrons. The van der Waals surface area contributed by atoms with E-state index in [2.05, 4.69) is 20.9 Å². The highest BCUT2D eigenvalue weighted by Gasteiger charge is 2.20. The third-order valence-corrected chi connectivity index (χ3v) is 3.35. The molecule has 1 aromatic rings. The predicted molar refractivity (Wildman–Crippen MR) is 53.0 cm³/mol. The third kappa shape index (κ3) is 2.70. The molecule has 0 amide bonds. The number of pyridine rings is 1. The van der Waals surface area contributed by atoms with E-state index in [1.54, 1.807) is 0 Å². The normalized spacial score (nSPS) is 12.1. The molecule has 0 aliphatic heterocycles. The number of sulfonamides is 1. The van der Waals surface area contributed by atoms with Crippen LogP contribution in [0.25, 0.3) is 0 Å². The quantitative estimate of drug-likeness (QED) is 0.846. The molecule has 0 unspecified atom stereocenters. The second kappa shape index (κ2) is 4.11. The molecular weight excluding hydrogens is 294 g/mol. The van der Waals surface area contributed by atoms with Crippen molar-refractivity contribution in [1.29, 1.82) is 0 Å². The van der Waals surface area contributed by atoms with Gasteiger partial charge in [-0.25, -0.2) is 27.3 Å². The van der Waals surface area contributed by atoms with Crippen molar-refractivity contribution in [3.05, 3.63) is 21.9 Å². The van der Waals surface area contributed by atoms with Crippen molar-refractivity contribution in [1.82, 2.24) is 4.98 Å². The number of aryl methyl sites for hydroxylation is 1. The van der Waals surface area contributed by atoms with Crippen LogP contribution >= 0.6 is 15.9 Å². The lowest BCUT2D eigenvalue weighted by molar-refractivity contribution is 0.149. The average Bonchev–Trinajstić information content (AvgIpc) is 2.00. The van der Waals surface area contributed by atoms with Crippen LogP contribution in [-0.4, -0.2) is 13.4 Å². The zero-order chi connectivity index (χ0) is 11.8. The van der Waals surface area contributed by atoms with E-state index >= 15 is 0 Å². The summed E-state index contributed by atoms with van der Waals surface area (Å²) in [6, 6.07) is 0.826. The van der Waals surface area contributed by atoms with Crippen molar-refractivity contribution in [2.75, 3.05) is 0 Å². The third-order valence-electron chi connectivity index (χ3n) is 1.69. The van der Waals surface area contributed by atoms with Gasteiger partial charge in [0.1, 0.15) is 9.50 Å². The summed E-state index contributed by atoms with van der Waals surface area (Å²) in [5.74, 6) is 0. The molecule has 0 aliphatic carbocycles. The molecule has 1 heterocycles. The molecule has 0 atom stereocenters. The number of nitrogens with zero attached hydrogens (tertiary/aromatic N) is 1. The maximum atomic E-state index is 12.4. The monoisotopic (exact) mass is 300 g/mol. The van der Waals surface area contributed by atoms with E-state index in [0.29, 0.717) is 0 Å². The zero-order valence-corrected chi connectivity index (χ0v) is 9.94. The lowest BCUT2D eigenvalue weighted by Gasteiger charge is -2.07. The fourth-order valence-electron chi connectivity index (χ4n) is 1.01. The second-order valence-corrected chi connectivity index (χ2v) is 5.08. The summed E-state index contributed by atoms with van der Waals surface area (Å²) in [7, 11) is -4.02. The fraction of sp³-hybridized carbons (Fsp3) is 0.286. The molecule has 0 saturated heterocycles. The van der Waals surface area contributed by atoms with E-state index in [1.807, 2.05) is 0 Å². The maximum Gasteiger partial charge on any atom is 0.266 e. The molecule has 0 aliphatic rings. The largest absolute Gasteiger partial charge is 0.266 e. The van der Waals surface area contributed by atoms with Gasteiger partial charge in [0, 0.05) is 0 Å². The van der Waals surface area contributed by atoms with E-state index < -0.39 is 22.0 Å². The van der Waals surface area contributed by atoms with Gasteiger partial charge in [-0.1, -0.05) is 0 Å². The van der Waals surface area contributed by atoms with Crippen LogP contribution in [0, 0.1) is 6.92 Å². The van der Waals surface area contributed by atoms with Crippen LogP contribution in [0.1, 0.15) is 17.7 Å². The topological polar surface area (TPSA) is 73.0 Å². The molecule has 0 fully saturated rings. The number of rotatable bonds is 2. The smallest absolute Gasteiger partial charge is 0.244 e. The number of nitrogens with two attached hydrogens (primary N) is 1. The Morgan fingerprint density at radius 2 is 2.07 bits per heavy atom. The Labute approximate surface area is 93.7 Å². The van der Waals surface area contributed by atoms with Gasteiger partial charge in [-0.2, -0.15) is 0 Å². The summed E-state index contributed by atoms with van der Waals surface area (Å²) in [6.07, 6.45) is -2.81. The average molecular weight is 301 g/mol. The fourth-order valence-corrected chi connectivity index (χ4v) is 2.32. The van der Waals surface area contributed by atoms with Gasteiger partial charge in [-0.05, 0) is 28.9 Å². The lowest BCUT2D eigenvalue weighted by atomic mass is 10.2. The first-order valence-electron chi connectivity index (χ1n) is 3.71. The highest BCUT2D eigenvalue weighted by Crippen LogP contribution is 2.28. The lowest BCUT2D eigenvalue weighted by Crippen LogP contribution is -2.15. The predicted octanol–water partition coefficient (Wildman–Crippen LogP) is 1.74. The molecule has 0 aromatic carbocycles. The first-order valence-corrected chi connectivity index (χ1v) is 6.05. The van der Waals surface area contributed by atoms with Gasteiger partial charge < -0.3 is 0 Å². The molecule has 0 radical (unpaired) electrons. The summed E-state index contributed by atoms with van der Waals surface area (Å²) in [5, 5.41) is 4.85. The molecule has 0 saturated carbocycles. The number of hydrogen-bond donors (Lipinski definition) is 1. The van der Waals surface area contributed by atoms with Gasteiger partial charge in [0.2, 0.25) is 10.0 Å². The van der Waals surface area contributed by atoms with Crippen LogP contribution < -0.4 is 5.14 Å². The molecule has 8 heteroatoms. The van der Waals surface area contributed by atoms with Gasteiger partial charge >= 0.3 is 0 Å². The van der Waals surface area contributed by atoms with Crippen molar-refractivity contribution >= 4 is 26.0 Å². The Bertz CT molecular complexity index is 490. The van der Waals surface area contributed by atoms with Crippen LogP contribution in [0.3, 0.4) is 0 Å². The SMILES string of the molecule is Cc1nc(Br)c(C(F)F)cc1S(N)(=O)=O. The molecule has 2 N–H and O–H groups in total. The van der Waals surface area contributed by atoms with E-state index in [4.69, 9.17) is 5.14 Å². The molecule has 0 bridgehead atoms. The van der Waals surface area contributed by atoms with Crippen LogP contribution in [0.4, 0.5) is 8.78 Å². The number of primary sulfonamides is 1. The van der Waals surface area contributed by atoms with Gasteiger partial charge in [0.05, 0.1) is 11.3 Å². The molecule has 1 rings (SSSR count). The molecule has 15 heavy (non-hydrogen) atoms. The van der Waals surface area contributed by atoms with Crippen LogP contribution in [0.15, 0.2) is 15.6 Å². The number of aromatic nitrogens is 1. The minimum Gasteiger partial charge on any atom is -0.244 e. The standard InChI is InChI=1S/C7H7BrF2N2O2S/c1-3-5(15(11,13)14)2-4(7(9)10)6(8)12-3/h2,7H,1H3,(H2,11,13,14). The minimum absolute atomic E-state index is 0.0776. The Hall–Kier alpha value is -0.600. The summed E-state index contributed by atoms with van der Waals surface area (Å²) in [6.45, 7) is 1.37. The highest BCUT2D eigenvalue weighted by atomic mass is 79.9. The first kappa shape index (κ1) is 12.5. The number of alkyl halides is 2. The molecule has 0 spiro atoms. The first-order chi connectivity index (χ1) is 6.73. The Morgan fingerprint density at radius 1 is 1.53 bits per heavy atom. The van der Waals surface area contributed by atoms with E-state index in [9.17, 15) is 17.2 Å². The highest BCUT2D eigenvalue weighted by molar-refractivity contribution is 9.10. The van der Waals surface area contributed by atoms with Gasteiger partial charge in [0.25, 0.3) is 6.43 Å².